The second kappa shape index (κ2) is 5.46. The molecular formula is C12H13ClFN3O. The number of nitrogens with zero attached hydrogens (tertiary/aromatic N) is 2. The fourth-order valence-corrected chi connectivity index (χ4v) is 1.77. The zero-order valence-corrected chi connectivity index (χ0v) is 10.6. The van der Waals surface area contributed by atoms with Gasteiger partial charge in [-0.05, 0) is 24.6 Å². The summed E-state index contributed by atoms with van der Waals surface area (Å²) in [6, 6.07) is 3.86. The SMILES string of the molecule is CCCC(N)c1noc(-c2cc(Cl)ccc2F)n1. The summed E-state index contributed by atoms with van der Waals surface area (Å²) >= 11 is 5.80. The molecule has 4 nitrogen and oxygen atoms in total. The van der Waals surface area contributed by atoms with E-state index in [0.717, 1.165) is 12.8 Å². The molecule has 0 saturated heterocycles. The molecule has 0 spiro atoms. The summed E-state index contributed by atoms with van der Waals surface area (Å²) in [5.41, 5.74) is 6.05. The summed E-state index contributed by atoms with van der Waals surface area (Å²) in [6.45, 7) is 2.01. The number of hydrogen-bond donors (Lipinski definition) is 1. The van der Waals surface area contributed by atoms with E-state index in [2.05, 4.69) is 10.1 Å². The topological polar surface area (TPSA) is 64.9 Å². The van der Waals surface area contributed by atoms with Crippen LogP contribution in [0.1, 0.15) is 31.6 Å². The van der Waals surface area contributed by atoms with Crippen molar-refractivity contribution < 1.29 is 8.91 Å². The standard InChI is InChI=1S/C12H13ClFN3O/c1-2-3-10(15)11-16-12(18-17-11)8-6-7(13)4-5-9(8)14/h4-6,10H,2-3,15H2,1H3. The van der Waals surface area contributed by atoms with Crippen molar-refractivity contribution in [2.75, 3.05) is 0 Å². The van der Waals surface area contributed by atoms with Crippen molar-refractivity contribution in [3.05, 3.63) is 34.9 Å². The quantitative estimate of drug-likeness (QED) is 0.925. The van der Waals surface area contributed by atoms with Gasteiger partial charge in [0.1, 0.15) is 5.82 Å². The van der Waals surface area contributed by atoms with E-state index in [1.807, 2.05) is 6.92 Å². The maximum atomic E-state index is 13.6. The van der Waals surface area contributed by atoms with Crippen molar-refractivity contribution in [3.8, 4) is 11.5 Å². The van der Waals surface area contributed by atoms with Crippen molar-refractivity contribution in [1.29, 1.82) is 0 Å². The van der Waals surface area contributed by atoms with Crippen LogP contribution in [0.3, 0.4) is 0 Å². The van der Waals surface area contributed by atoms with Crippen LogP contribution in [-0.2, 0) is 0 Å². The van der Waals surface area contributed by atoms with Gasteiger partial charge in [0.2, 0.25) is 0 Å². The van der Waals surface area contributed by atoms with E-state index in [0.29, 0.717) is 10.8 Å². The predicted molar refractivity (Wildman–Crippen MR) is 66.5 cm³/mol. The highest BCUT2D eigenvalue weighted by molar-refractivity contribution is 6.30. The second-order valence-corrected chi connectivity index (χ2v) is 4.41. The molecule has 0 aliphatic heterocycles. The molecule has 0 bridgehead atoms. The Morgan fingerprint density at radius 2 is 2.28 bits per heavy atom. The summed E-state index contributed by atoms with van der Waals surface area (Å²) in [7, 11) is 0. The van der Waals surface area contributed by atoms with Crippen molar-refractivity contribution in [3.63, 3.8) is 0 Å². The minimum Gasteiger partial charge on any atom is -0.334 e. The van der Waals surface area contributed by atoms with E-state index in [9.17, 15) is 4.39 Å². The normalized spacial score (nSPS) is 12.7. The number of nitrogens with two attached hydrogens (primary N) is 1. The molecule has 0 aliphatic carbocycles. The van der Waals surface area contributed by atoms with Crippen LogP contribution in [-0.4, -0.2) is 10.1 Å². The van der Waals surface area contributed by atoms with E-state index < -0.39 is 5.82 Å². The third kappa shape index (κ3) is 2.68. The van der Waals surface area contributed by atoms with Crippen LogP contribution in [0.2, 0.25) is 5.02 Å². The van der Waals surface area contributed by atoms with Gasteiger partial charge in [-0.15, -0.1) is 0 Å². The third-order valence-electron chi connectivity index (χ3n) is 2.53. The monoisotopic (exact) mass is 269 g/mol. The minimum atomic E-state index is -0.460. The molecule has 0 aliphatic rings. The molecule has 0 radical (unpaired) electrons. The zero-order chi connectivity index (χ0) is 13.1. The van der Waals surface area contributed by atoms with Crippen LogP contribution in [0, 0.1) is 5.82 Å². The van der Waals surface area contributed by atoms with Crippen molar-refractivity contribution in [1.82, 2.24) is 10.1 Å². The summed E-state index contributed by atoms with van der Waals surface area (Å²) in [5.74, 6) is 0.0152. The Morgan fingerprint density at radius 3 is 3.00 bits per heavy atom. The highest BCUT2D eigenvalue weighted by atomic mass is 35.5. The number of benzene rings is 1. The van der Waals surface area contributed by atoms with Gasteiger partial charge >= 0.3 is 0 Å². The largest absolute Gasteiger partial charge is 0.334 e. The van der Waals surface area contributed by atoms with E-state index in [4.69, 9.17) is 21.9 Å². The molecule has 6 heteroatoms. The summed E-state index contributed by atoms with van der Waals surface area (Å²) < 4.78 is 18.6. The fraction of sp³-hybridized carbons (Fsp3) is 0.333. The van der Waals surface area contributed by atoms with Gasteiger partial charge in [0.15, 0.2) is 5.82 Å². The first-order valence-electron chi connectivity index (χ1n) is 5.66. The van der Waals surface area contributed by atoms with Crippen molar-refractivity contribution in [2.24, 2.45) is 5.73 Å². The fourth-order valence-electron chi connectivity index (χ4n) is 1.60. The van der Waals surface area contributed by atoms with E-state index in [1.54, 1.807) is 0 Å². The van der Waals surface area contributed by atoms with E-state index in [-0.39, 0.29) is 17.5 Å². The Kier molecular flexibility index (Phi) is 3.93. The summed E-state index contributed by atoms with van der Waals surface area (Å²) in [4.78, 5) is 4.10. The van der Waals surface area contributed by atoms with Gasteiger partial charge in [0, 0.05) is 5.02 Å². The molecule has 2 aromatic rings. The Bertz CT molecular complexity index is 544. The first kappa shape index (κ1) is 13.0. The lowest BCUT2D eigenvalue weighted by atomic mass is 10.1. The number of hydrogen-bond acceptors (Lipinski definition) is 4. The Labute approximate surface area is 109 Å². The van der Waals surface area contributed by atoms with Crippen LogP contribution in [0.4, 0.5) is 4.39 Å². The van der Waals surface area contributed by atoms with Crippen LogP contribution < -0.4 is 5.73 Å². The predicted octanol–water partition coefficient (Wildman–Crippen LogP) is 3.33. The number of halogens is 2. The molecule has 1 aromatic carbocycles. The minimum absolute atomic E-state index is 0.0940. The lowest BCUT2D eigenvalue weighted by molar-refractivity contribution is 0.411. The van der Waals surface area contributed by atoms with Gasteiger partial charge in [-0.2, -0.15) is 4.98 Å². The van der Waals surface area contributed by atoms with Gasteiger partial charge in [-0.25, -0.2) is 4.39 Å². The van der Waals surface area contributed by atoms with Gasteiger partial charge in [-0.1, -0.05) is 30.1 Å². The second-order valence-electron chi connectivity index (χ2n) is 3.98. The van der Waals surface area contributed by atoms with Crippen LogP contribution in [0.25, 0.3) is 11.5 Å². The molecule has 2 N–H and O–H groups in total. The summed E-state index contributed by atoms with van der Waals surface area (Å²) in [6.07, 6.45) is 1.66. The van der Waals surface area contributed by atoms with E-state index in [1.165, 1.54) is 18.2 Å². The average molecular weight is 270 g/mol. The molecule has 0 saturated carbocycles. The number of rotatable bonds is 4. The molecule has 1 heterocycles. The lowest BCUT2D eigenvalue weighted by Gasteiger charge is -2.02. The lowest BCUT2D eigenvalue weighted by Crippen LogP contribution is -2.11. The molecule has 1 atom stereocenters. The van der Waals surface area contributed by atoms with Crippen molar-refractivity contribution in [2.45, 2.75) is 25.8 Å². The Balaban J connectivity index is 2.32. The zero-order valence-electron chi connectivity index (χ0n) is 9.86. The van der Waals surface area contributed by atoms with Crippen LogP contribution in [0.5, 0.6) is 0 Å². The highest BCUT2D eigenvalue weighted by Gasteiger charge is 2.17. The van der Waals surface area contributed by atoms with Gasteiger partial charge in [0.05, 0.1) is 11.6 Å². The van der Waals surface area contributed by atoms with Crippen LogP contribution in [0.15, 0.2) is 22.7 Å². The number of aromatic nitrogens is 2. The van der Waals surface area contributed by atoms with Gasteiger partial charge in [-0.3, -0.25) is 0 Å². The Morgan fingerprint density at radius 1 is 1.50 bits per heavy atom. The summed E-state index contributed by atoms with van der Waals surface area (Å²) in [5, 5.41) is 4.17. The third-order valence-corrected chi connectivity index (χ3v) is 2.77. The van der Waals surface area contributed by atoms with Gasteiger partial charge < -0.3 is 10.3 Å². The molecule has 0 fully saturated rings. The van der Waals surface area contributed by atoms with E-state index >= 15 is 0 Å². The molecule has 1 unspecified atom stereocenters. The Hall–Kier alpha value is -1.46. The first-order valence-corrected chi connectivity index (χ1v) is 6.04. The molecule has 96 valence electrons. The van der Waals surface area contributed by atoms with Crippen LogP contribution >= 0.6 is 11.6 Å². The molecular weight excluding hydrogens is 257 g/mol. The van der Waals surface area contributed by atoms with Gasteiger partial charge in [0.25, 0.3) is 5.89 Å². The maximum absolute atomic E-state index is 13.6. The highest BCUT2D eigenvalue weighted by Crippen LogP contribution is 2.25. The van der Waals surface area contributed by atoms with Crippen molar-refractivity contribution >= 4 is 11.6 Å². The first-order chi connectivity index (χ1) is 8.61. The maximum Gasteiger partial charge on any atom is 0.261 e. The average Bonchev–Trinajstić information content (AvgIpc) is 2.82. The molecule has 18 heavy (non-hydrogen) atoms. The molecule has 1 aromatic heterocycles. The molecule has 2 rings (SSSR count). The molecule has 0 amide bonds. The smallest absolute Gasteiger partial charge is 0.261 e.